The smallest absolute Gasteiger partial charge is 0.270 e. The van der Waals surface area contributed by atoms with Crippen LogP contribution in [0.1, 0.15) is 46.7 Å². The molecule has 1 aromatic carbocycles. The summed E-state index contributed by atoms with van der Waals surface area (Å²) in [4.78, 5) is 18.9. The van der Waals surface area contributed by atoms with Crippen molar-refractivity contribution in [1.82, 2.24) is 15.2 Å². The lowest BCUT2D eigenvalue weighted by atomic mass is 9.88. The average molecular weight is 420 g/mol. The van der Waals surface area contributed by atoms with Gasteiger partial charge in [0.15, 0.2) is 0 Å². The van der Waals surface area contributed by atoms with Gasteiger partial charge in [-0.2, -0.15) is 0 Å². The number of aromatic nitrogens is 1. The summed E-state index contributed by atoms with van der Waals surface area (Å²) in [5, 5.41) is 6.47. The molecular weight excluding hydrogens is 394 g/mol. The summed E-state index contributed by atoms with van der Waals surface area (Å²) in [5.74, 6) is -0.105. The second-order valence-electron chi connectivity index (χ2n) is 7.83. The molecule has 1 unspecified atom stereocenters. The van der Waals surface area contributed by atoms with Crippen LogP contribution in [-0.2, 0) is 11.3 Å². The van der Waals surface area contributed by atoms with E-state index in [9.17, 15) is 4.79 Å². The van der Waals surface area contributed by atoms with E-state index >= 15 is 0 Å². The minimum atomic E-state index is -0.105. The van der Waals surface area contributed by atoms with E-state index in [0.717, 1.165) is 55.3 Å². The molecule has 1 spiro atoms. The fourth-order valence-electron chi connectivity index (χ4n) is 4.14. The Morgan fingerprint density at radius 1 is 1.32 bits per heavy atom. The third-order valence-electron chi connectivity index (χ3n) is 5.77. The summed E-state index contributed by atoms with van der Waals surface area (Å²) < 4.78 is 6.42. The van der Waals surface area contributed by atoms with E-state index in [4.69, 9.17) is 16.3 Å². The molecule has 1 N–H and O–H groups in total. The molecule has 7 heteroatoms. The van der Waals surface area contributed by atoms with Crippen LogP contribution in [0.2, 0.25) is 5.02 Å². The number of likely N-dealkylation sites (tertiary alicyclic amines) is 1. The molecule has 1 amide bonds. The number of ether oxygens (including phenoxy) is 1. The van der Waals surface area contributed by atoms with Gasteiger partial charge in [-0.05, 0) is 50.3 Å². The SMILES string of the molecule is Cc1nc(C(=O)NCC2CCC3(CCN(Cc4ccc(Cl)cc4)CC3)O2)cs1. The van der Waals surface area contributed by atoms with Crippen molar-refractivity contribution in [3.05, 3.63) is 50.9 Å². The summed E-state index contributed by atoms with van der Waals surface area (Å²) in [6, 6.07) is 8.10. The van der Waals surface area contributed by atoms with Gasteiger partial charge in [-0.25, -0.2) is 4.98 Å². The van der Waals surface area contributed by atoms with Crippen LogP contribution in [0.25, 0.3) is 0 Å². The number of hydrogen-bond acceptors (Lipinski definition) is 5. The molecule has 3 heterocycles. The second kappa shape index (κ2) is 8.49. The number of benzene rings is 1. The van der Waals surface area contributed by atoms with Crippen LogP contribution in [0.4, 0.5) is 0 Å². The first-order chi connectivity index (χ1) is 13.5. The normalized spacial score (nSPS) is 21.9. The van der Waals surface area contributed by atoms with E-state index in [0.29, 0.717) is 12.2 Å². The lowest BCUT2D eigenvalue weighted by Crippen LogP contribution is -2.44. The van der Waals surface area contributed by atoms with Crippen LogP contribution in [0.5, 0.6) is 0 Å². The van der Waals surface area contributed by atoms with Crippen molar-refractivity contribution < 1.29 is 9.53 Å². The molecule has 5 nitrogen and oxygen atoms in total. The minimum Gasteiger partial charge on any atom is -0.370 e. The summed E-state index contributed by atoms with van der Waals surface area (Å²) >= 11 is 7.47. The van der Waals surface area contributed by atoms with E-state index < -0.39 is 0 Å². The molecule has 0 radical (unpaired) electrons. The van der Waals surface area contributed by atoms with Crippen molar-refractivity contribution in [3.8, 4) is 0 Å². The fourth-order valence-corrected chi connectivity index (χ4v) is 4.86. The first-order valence-corrected chi connectivity index (χ1v) is 11.1. The van der Waals surface area contributed by atoms with Gasteiger partial charge in [0.25, 0.3) is 5.91 Å². The maximum absolute atomic E-state index is 12.2. The summed E-state index contributed by atoms with van der Waals surface area (Å²) in [6.07, 6.45) is 4.30. The molecule has 0 bridgehead atoms. The van der Waals surface area contributed by atoms with Crippen molar-refractivity contribution in [2.75, 3.05) is 19.6 Å². The number of hydrogen-bond donors (Lipinski definition) is 1. The molecule has 4 rings (SSSR count). The summed E-state index contributed by atoms with van der Waals surface area (Å²) in [5.41, 5.74) is 1.79. The quantitative estimate of drug-likeness (QED) is 0.794. The Bertz CT molecular complexity index is 815. The predicted molar refractivity (Wildman–Crippen MR) is 112 cm³/mol. The zero-order chi connectivity index (χ0) is 19.6. The van der Waals surface area contributed by atoms with Gasteiger partial charge in [0.1, 0.15) is 5.69 Å². The molecule has 0 aliphatic carbocycles. The maximum Gasteiger partial charge on any atom is 0.270 e. The third-order valence-corrected chi connectivity index (χ3v) is 6.79. The number of amides is 1. The standard InChI is InChI=1S/C21H26ClN3O2S/c1-15-24-19(14-28-15)20(26)23-12-18-6-7-21(27-18)8-10-25(11-9-21)13-16-2-4-17(22)5-3-16/h2-5,14,18H,6-13H2,1H3,(H,23,26). The maximum atomic E-state index is 12.2. The highest BCUT2D eigenvalue weighted by atomic mass is 35.5. The van der Waals surface area contributed by atoms with Crippen molar-refractivity contribution in [2.24, 2.45) is 0 Å². The molecule has 150 valence electrons. The Labute approximate surface area is 175 Å². The van der Waals surface area contributed by atoms with Gasteiger partial charge in [-0.3, -0.25) is 9.69 Å². The van der Waals surface area contributed by atoms with Gasteiger partial charge in [0.2, 0.25) is 0 Å². The molecule has 2 aliphatic rings. The lowest BCUT2D eigenvalue weighted by molar-refractivity contribution is -0.0764. The number of nitrogens with zero attached hydrogens (tertiary/aromatic N) is 2. The van der Waals surface area contributed by atoms with Crippen LogP contribution < -0.4 is 5.32 Å². The van der Waals surface area contributed by atoms with Gasteiger partial charge in [0, 0.05) is 36.6 Å². The summed E-state index contributed by atoms with van der Waals surface area (Å²) in [6.45, 7) is 5.51. The number of nitrogens with one attached hydrogen (secondary N) is 1. The predicted octanol–water partition coefficient (Wildman–Crippen LogP) is 4.05. The van der Waals surface area contributed by atoms with Crippen LogP contribution in [0, 0.1) is 6.92 Å². The Morgan fingerprint density at radius 3 is 2.75 bits per heavy atom. The van der Waals surface area contributed by atoms with Gasteiger partial charge in [0.05, 0.1) is 16.7 Å². The number of rotatable bonds is 5. The molecular formula is C21H26ClN3O2S. The average Bonchev–Trinajstić information content (AvgIpc) is 3.30. The van der Waals surface area contributed by atoms with Crippen LogP contribution in [0.15, 0.2) is 29.6 Å². The molecule has 28 heavy (non-hydrogen) atoms. The molecule has 2 aliphatic heterocycles. The van der Waals surface area contributed by atoms with Gasteiger partial charge < -0.3 is 10.1 Å². The highest BCUT2D eigenvalue weighted by molar-refractivity contribution is 7.09. The van der Waals surface area contributed by atoms with Crippen LogP contribution >= 0.6 is 22.9 Å². The van der Waals surface area contributed by atoms with Gasteiger partial charge in [-0.15, -0.1) is 11.3 Å². The zero-order valence-corrected chi connectivity index (χ0v) is 17.7. The van der Waals surface area contributed by atoms with Crippen molar-refractivity contribution in [3.63, 3.8) is 0 Å². The number of piperidine rings is 1. The molecule has 0 saturated carbocycles. The summed E-state index contributed by atoms with van der Waals surface area (Å²) in [7, 11) is 0. The Hall–Kier alpha value is -1.47. The van der Waals surface area contributed by atoms with Crippen LogP contribution in [-0.4, -0.2) is 47.1 Å². The Morgan fingerprint density at radius 2 is 2.07 bits per heavy atom. The number of halogens is 1. The molecule has 1 aromatic heterocycles. The van der Waals surface area contributed by atoms with Crippen molar-refractivity contribution >= 4 is 28.8 Å². The van der Waals surface area contributed by atoms with E-state index in [2.05, 4.69) is 27.3 Å². The van der Waals surface area contributed by atoms with Gasteiger partial charge >= 0.3 is 0 Å². The van der Waals surface area contributed by atoms with Gasteiger partial charge in [-0.1, -0.05) is 23.7 Å². The first-order valence-electron chi connectivity index (χ1n) is 9.86. The zero-order valence-electron chi connectivity index (χ0n) is 16.1. The minimum absolute atomic E-state index is 0.0108. The van der Waals surface area contributed by atoms with Crippen molar-refractivity contribution in [1.29, 1.82) is 0 Å². The largest absolute Gasteiger partial charge is 0.370 e. The molecule has 2 fully saturated rings. The second-order valence-corrected chi connectivity index (χ2v) is 9.32. The number of carbonyl (C=O) groups excluding carboxylic acids is 1. The third kappa shape index (κ3) is 4.74. The molecule has 1 atom stereocenters. The number of aryl methyl sites for hydroxylation is 1. The van der Waals surface area contributed by atoms with E-state index in [-0.39, 0.29) is 17.6 Å². The van der Waals surface area contributed by atoms with E-state index in [1.54, 1.807) is 5.38 Å². The topological polar surface area (TPSA) is 54.5 Å². The molecule has 2 saturated heterocycles. The molecule has 2 aromatic rings. The first kappa shape index (κ1) is 19.8. The van der Waals surface area contributed by atoms with E-state index in [1.807, 2.05) is 19.1 Å². The highest BCUT2D eigenvalue weighted by Crippen LogP contribution is 2.39. The van der Waals surface area contributed by atoms with Crippen LogP contribution in [0.3, 0.4) is 0 Å². The highest BCUT2D eigenvalue weighted by Gasteiger charge is 2.42. The van der Waals surface area contributed by atoms with E-state index in [1.165, 1.54) is 16.9 Å². The number of thiazole rings is 1. The monoisotopic (exact) mass is 419 g/mol. The number of carbonyl (C=O) groups is 1. The Kier molecular flexibility index (Phi) is 6.01. The van der Waals surface area contributed by atoms with Crippen molar-refractivity contribution in [2.45, 2.75) is 50.9 Å². The lowest BCUT2D eigenvalue weighted by Gasteiger charge is -2.39. The fraction of sp³-hybridized carbons (Fsp3) is 0.524. The Balaban J connectivity index is 1.23.